The maximum absolute atomic E-state index is 10.8. The van der Waals surface area contributed by atoms with Gasteiger partial charge in [-0.05, 0) is 24.6 Å². The van der Waals surface area contributed by atoms with Crippen molar-refractivity contribution >= 4 is 22.9 Å². The fourth-order valence-corrected chi connectivity index (χ4v) is 1.44. The van der Waals surface area contributed by atoms with Gasteiger partial charge in [0.2, 0.25) is 0 Å². The van der Waals surface area contributed by atoms with Crippen LogP contribution in [-0.4, -0.2) is 17.8 Å². The molecular weight excluding hydrogens is 196 g/mol. The maximum Gasteiger partial charge on any atom is 0.135 e. The molecule has 0 saturated heterocycles. The van der Waals surface area contributed by atoms with E-state index in [0.717, 1.165) is 11.3 Å². The lowest BCUT2D eigenvalue weighted by molar-refractivity contribution is -0.115. The third-order valence-electron chi connectivity index (χ3n) is 1.82. The molecule has 74 valence electrons. The lowest BCUT2D eigenvalue weighted by Gasteiger charge is -2.03. The highest BCUT2D eigenvalue weighted by Crippen LogP contribution is 2.13. The van der Waals surface area contributed by atoms with Crippen molar-refractivity contribution in [1.29, 1.82) is 0 Å². The summed E-state index contributed by atoms with van der Waals surface area (Å²) in [5.74, 6) is 0.880. The zero-order valence-corrected chi connectivity index (χ0v) is 9.06. The molecule has 0 aliphatic carbocycles. The Kier molecular flexibility index (Phi) is 3.77. The van der Waals surface area contributed by atoms with Crippen LogP contribution in [-0.2, 0) is 4.79 Å². The molecule has 2 nitrogen and oxygen atoms in total. The molecule has 1 rings (SSSR count). The van der Waals surface area contributed by atoms with Gasteiger partial charge in [0, 0.05) is 11.3 Å². The van der Waals surface area contributed by atoms with E-state index in [2.05, 4.69) is 0 Å². The number of ketones is 1. The van der Waals surface area contributed by atoms with Crippen molar-refractivity contribution in [2.75, 3.05) is 7.11 Å². The molecule has 3 heteroatoms. The Morgan fingerprint density at radius 3 is 2.36 bits per heavy atom. The molecular formula is C11H12O2S. The summed E-state index contributed by atoms with van der Waals surface area (Å²) in [5.41, 5.74) is 0.913. The second kappa shape index (κ2) is 4.86. The zero-order valence-electron chi connectivity index (χ0n) is 8.24. The fourth-order valence-electron chi connectivity index (χ4n) is 1.11. The van der Waals surface area contributed by atoms with Gasteiger partial charge in [0.25, 0.3) is 0 Å². The molecule has 1 aromatic carbocycles. The summed E-state index contributed by atoms with van der Waals surface area (Å²) in [4.78, 5) is 11.5. The summed E-state index contributed by atoms with van der Waals surface area (Å²) in [7, 11) is 1.61. The molecule has 14 heavy (non-hydrogen) atoms. The molecule has 1 aromatic rings. The number of carbonyl (C=O) groups is 1. The molecule has 0 amide bonds. The maximum atomic E-state index is 10.8. The summed E-state index contributed by atoms with van der Waals surface area (Å²) in [5, 5.41) is 0. The lowest BCUT2D eigenvalue weighted by Crippen LogP contribution is -2.03. The van der Waals surface area contributed by atoms with Crippen LogP contribution in [0.2, 0.25) is 0 Å². The molecule has 0 radical (unpaired) electrons. The Bertz CT molecular complexity index is 341. The molecule has 0 fully saturated rings. The second-order valence-corrected chi connectivity index (χ2v) is 3.52. The Labute approximate surface area is 88.9 Å². The van der Waals surface area contributed by atoms with E-state index in [4.69, 9.17) is 17.0 Å². The number of hydrogen-bond donors (Lipinski definition) is 0. The highest BCUT2D eigenvalue weighted by molar-refractivity contribution is 7.80. The van der Waals surface area contributed by atoms with E-state index in [0.29, 0.717) is 11.3 Å². The van der Waals surface area contributed by atoms with Crippen LogP contribution in [0.15, 0.2) is 24.3 Å². The van der Waals surface area contributed by atoms with Crippen molar-refractivity contribution < 1.29 is 9.53 Å². The van der Waals surface area contributed by atoms with Gasteiger partial charge in [0.15, 0.2) is 0 Å². The highest BCUT2D eigenvalue weighted by Gasteiger charge is 2.03. The number of rotatable bonds is 4. The van der Waals surface area contributed by atoms with Gasteiger partial charge < -0.3 is 4.74 Å². The predicted molar refractivity (Wildman–Crippen MR) is 60.0 cm³/mol. The third-order valence-corrected chi connectivity index (χ3v) is 2.20. The topological polar surface area (TPSA) is 26.3 Å². The van der Waals surface area contributed by atoms with Gasteiger partial charge in [-0.1, -0.05) is 24.4 Å². The van der Waals surface area contributed by atoms with E-state index in [-0.39, 0.29) is 5.78 Å². The molecule has 0 spiro atoms. The first kappa shape index (κ1) is 10.9. The van der Waals surface area contributed by atoms with E-state index < -0.39 is 0 Å². The van der Waals surface area contributed by atoms with E-state index >= 15 is 0 Å². The second-order valence-electron chi connectivity index (χ2n) is 3.03. The minimum absolute atomic E-state index is 0.0887. The third kappa shape index (κ3) is 2.92. The lowest BCUT2D eigenvalue weighted by atomic mass is 10.1. The Hall–Kier alpha value is -1.22. The van der Waals surface area contributed by atoms with Gasteiger partial charge in [-0.15, -0.1) is 0 Å². The van der Waals surface area contributed by atoms with Crippen LogP contribution in [0.1, 0.15) is 18.9 Å². The number of ether oxygens (including phenoxy) is 1. The summed E-state index contributed by atoms with van der Waals surface area (Å²) in [6.45, 7) is 1.54. The van der Waals surface area contributed by atoms with Gasteiger partial charge in [0.05, 0.1) is 7.11 Å². The summed E-state index contributed by atoms with van der Waals surface area (Å²) >= 11 is 5.11. The van der Waals surface area contributed by atoms with Gasteiger partial charge >= 0.3 is 0 Å². The van der Waals surface area contributed by atoms with Crippen LogP contribution in [0, 0.1) is 0 Å². The van der Waals surface area contributed by atoms with Crippen LogP contribution in [0.5, 0.6) is 5.75 Å². The van der Waals surface area contributed by atoms with Gasteiger partial charge in [-0.25, -0.2) is 0 Å². The van der Waals surface area contributed by atoms with Crippen molar-refractivity contribution in [2.45, 2.75) is 13.3 Å². The van der Waals surface area contributed by atoms with Crippen LogP contribution in [0.25, 0.3) is 0 Å². The van der Waals surface area contributed by atoms with Gasteiger partial charge in [-0.3, -0.25) is 4.79 Å². The average Bonchev–Trinajstić information content (AvgIpc) is 2.17. The first-order valence-electron chi connectivity index (χ1n) is 4.30. The molecule has 0 bridgehead atoms. The number of Topliss-reactive ketones (excluding diaryl/α,β-unsaturated/α-hetero) is 1. The van der Waals surface area contributed by atoms with Crippen LogP contribution >= 0.6 is 12.2 Å². The summed E-state index contributed by atoms with van der Waals surface area (Å²) in [6.07, 6.45) is 0.335. The largest absolute Gasteiger partial charge is 0.497 e. The molecule has 0 N–H and O–H groups in total. The standard InChI is InChI=1S/C11H12O2S/c1-8(12)7-11(14)9-3-5-10(13-2)6-4-9/h3-6H,7H2,1-2H3. The van der Waals surface area contributed by atoms with Crippen molar-refractivity contribution in [3.63, 3.8) is 0 Å². The monoisotopic (exact) mass is 208 g/mol. The number of thiocarbonyl (C=S) groups is 1. The average molecular weight is 208 g/mol. The molecule has 0 aliphatic rings. The molecule has 0 saturated carbocycles. The fraction of sp³-hybridized carbons (Fsp3) is 0.273. The van der Waals surface area contributed by atoms with Crippen molar-refractivity contribution in [3.05, 3.63) is 29.8 Å². The quantitative estimate of drug-likeness (QED) is 0.561. The van der Waals surface area contributed by atoms with E-state index in [1.807, 2.05) is 24.3 Å². The minimum Gasteiger partial charge on any atom is -0.497 e. The van der Waals surface area contributed by atoms with E-state index in [1.54, 1.807) is 7.11 Å². The normalized spacial score (nSPS) is 9.57. The van der Waals surface area contributed by atoms with Crippen molar-refractivity contribution in [2.24, 2.45) is 0 Å². The number of benzene rings is 1. The zero-order chi connectivity index (χ0) is 10.6. The Morgan fingerprint density at radius 1 is 1.36 bits per heavy atom. The predicted octanol–water partition coefficient (Wildman–Crippen LogP) is 2.39. The summed E-state index contributed by atoms with van der Waals surface area (Å²) in [6, 6.07) is 7.40. The molecule has 0 atom stereocenters. The highest BCUT2D eigenvalue weighted by atomic mass is 32.1. The van der Waals surface area contributed by atoms with Gasteiger partial charge in [-0.2, -0.15) is 0 Å². The van der Waals surface area contributed by atoms with Gasteiger partial charge in [0.1, 0.15) is 11.5 Å². The number of hydrogen-bond acceptors (Lipinski definition) is 3. The number of methoxy groups -OCH3 is 1. The minimum atomic E-state index is 0.0887. The molecule has 0 aromatic heterocycles. The van der Waals surface area contributed by atoms with Crippen LogP contribution < -0.4 is 4.74 Å². The SMILES string of the molecule is COc1ccc(C(=S)CC(C)=O)cc1. The Morgan fingerprint density at radius 2 is 1.93 bits per heavy atom. The van der Waals surface area contributed by atoms with E-state index in [1.165, 1.54) is 6.92 Å². The molecule has 0 aliphatic heterocycles. The smallest absolute Gasteiger partial charge is 0.135 e. The number of carbonyl (C=O) groups excluding carboxylic acids is 1. The van der Waals surface area contributed by atoms with Crippen molar-refractivity contribution in [1.82, 2.24) is 0 Å². The van der Waals surface area contributed by atoms with Crippen molar-refractivity contribution in [3.8, 4) is 5.75 Å². The van der Waals surface area contributed by atoms with Crippen LogP contribution in [0.4, 0.5) is 0 Å². The first-order valence-corrected chi connectivity index (χ1v) is 4.71. The summed E-state index contributed by atoms with van der Waals surface area (Å²) < 4.78 is 5.02. The van der Waals surface area contributed by atoms with E-state index in [9.17, 15) is 4.79 Å². The Balaban J connectivity index is 2.76. The van der Waals surface area contributed by atoms with Crippen LogP contribution in [0.3, 0.4) is 0 Å². The first-order chi connectivity index (χ1) is 6.63. The molecule has 0 unspecified atom stereocenters. The molecule has 0 heterocycles.